The first kappa shape index (κ1) is 35.0. The SMILES string of the molecule is O=C(O[n+]1ccc(N2CCOCC2)cc1)N(c1ccccc1)c1ccccc1.c1ccc([B-](c2ccccc2)(c2ccccc2)c2ccccc2)cc1. The van der Waals surface area contributed by atoms with Crippen LogP contribution in [0.4, 0.5) is 21.9 Å². The second-order valence-corrected chi connectivity index (χ2v) is 12.9. The number of carbonyl (C=O) groups excluding carboxylic acids is 1. The van der Waals surface area contributed by atoms with E-state index >= 15 is 0 Å². The first-order valence-electron chi connectivity index (χ1n) is 18.1. The molecule has 1 aliphatic heterocycles. The molecular formula is C46H42BN3O3. The smallest absolute Gasteiger partial charge is 0.378 e. The molecule has 0 radical (unpaired) electrons. The number of hydrogen-bond donors (Lipinski definition) is 0. The van der Waals surface area contributed by atoms with Gasteiger partial charge in [0.2, 0.25) is 12.4 Å². The van der Waals surface area contributed by atoms with Gasteiger partial charge < -0.3 is 9.64 Å². The fourth-order valence-corrected chi connectivity index (χ4v) is 7.26. The lowest BCUT2D eigenvalue weighted by molar-refractivity contribution is -0.867. The highest BCUT2D eigenvalue weighted by Crippen LogP contribution is 2.25. The lowest BCUT2D eigenvalue weighted by atomic mass is 9.13. The van der Waals surface area contributed by atoms with E-state index in [9.17, 15) is 4.79 Å². The molecule has 6 nitrogen and oxygen atoms in total. The van der Waals surface area contributed by atoms with E-state index in [2.05, 4.69) is 126 Å². The van der Waals surface area contributed by atoms with E-state index in [1.165, 1.54) is 26.6 Å². The number of pyridine rings is 1. The van der Waals surface area contributed by atoms with Crippen LogP contribution in [0.25, 0.3) is 0 Å². The van der Waals surface area contributed by atoms with Crippen molar-refractivity contribution in [2.75, 3.05) is 36.1 Å². The molecule has 7 aromatic rings. The van der Waals surface area contributed by atoms with Gasteiger partial charge in [-0.25, -0.2) is 9.69 Å². The molecule has 1 aromatic heterocycles. The van der Waals surface area contributed by atoms with Gasteiger partial charge in [0.05, 0.1) is 24.6 Å². The highest BCUT2D eigenvalue weighted by Gasteiger charge is 2.31. The Hall–Kier alpha value is -6.44. The lowest BCUT2D eigenvalue weighted by Crippen LogP contribution is -2.74. The van der Waals surface area contributed by atoms with Crippen molar-refractivity contribution in [3.05, 3.63) is 207 Å². The molecule has 0 saturated carbocycles. The number of hydrogen-bond acceptors (Lipinski definition) is 4. The molecule has 1 fully saturated rings. The third kappa shape index (κ3) is 8.06. The number of rotatable bonds is 8. The number of benzene rings is 6. The molecule has 8 rings (SSSR count). The molecule has 262 valence electrons. The molecule has 7 heteroatoms. The summed E-state index contributed by atoms with van der Waals surface area (Å²) >= 11 is 0. The third-order valence-corrected chi connectivity index (χ3v) is 9.75. The molecule has 1 amide bonds. The van der Waals surface area contributed by atoms with Crippen LogP contribution in [0.2, 0.25) is 0 Å². The maximum Gasteiger partial charge on any atom is 0.487 e. The van der Waals surface area contributed by atoms with Gasteiger partial charge in [-0.15, -0.1) is 0 Å². The summed E-state index contributed by atoms with van der Waals surface area (Å²) in [4.78, 5) is 22.3. The second-order valence-electron chi connectivity index (χ2n) is 12.9. The van der Waals surface area contributed by atoms with E-state index in [-0.39, 0.29) is 0 Å². The van der Waals surface area contributed by atoms with Crippen molar-refractivity contribution in [3.8, 4) is 0 Å². The van der Waals surface area contributed by atoms with Crippen molar-refractivity contribution in [3.63, 3.8) is 0 Å². The minimum absolute atomic E-state index is 0.485. The van der Waals surface area contributed by atoms with Crippen molar-refractivity contribution in [1.29, 1.82) is 0 Å². The fourth-order valence-electron chi connectivity index (χ4n) is 7.26. The lowest BCUT2D eigenvalue weighted by Gasteiger charge is -2.44. The normalized spacial score (nSPS) is 12.6. The van der Waals surface area contributed by atoms with Crippen LogP contribution in [0, 0.1) is 0 Å². The van der Waals surface area contributed by atoms with Crippen LogP contribution in [0.5, 0.6) is 0 Å². The predicted molar refractivity (Wildman–Crippen MR) is 217 cm³/mol. The summed E-state index contributed by atoms with van der Waals surface area (Å²) in [5.74, 6) is 0. The molecule has 53 heavy (non-hydrogen) atoms. The third-order valence-electron chi connectivity index (χ3n) is 9.75. The Morgan fingerprint density at radius 3 is 1.21 bits per heavy atom. The molecule has 0 aliphatic carbocycles. The molecule has 1 aliphatic rings. The highest BCUT2D eigenvalue weighted by atomic mass is 16.7. The van der Waals surface area contributed by atoms with Gasteiger partial charge in [0, 0.05) is 35.6 Å². The van der Waals surface area contributed by atoms with E-state index < -0.39 is 12.2 Å². The summed E-state index contributed by atoms with van der Waals surface area (Å²) in [6.07, 6.45) is 1.79. The number of para-hydroxylation sites is 2. The number of nitrogens with zero attached hydrogens (tertiary/aromatic N) is 3. The zero-order valence-corrected chi connectivity index (χ0v) is 29.6. The van der Waals surface area contributed by atoms with Crippen molar-refractivity contribution < 1.29 is 19.1 Å². The number of ether oxygens (including phenoxy) is 1. The van der Waals surface area contributed by atoms with Crippen LogP contribution < -0.4 is 41.2 Å². The van der Waals surface area contributed by atoms with Crippen molar-refractivity contribution in [1.82, 2.24) is 0 Å². The Kier molecular flexibility index (Phi) is 11.3. The van der Waals surface area contributed by atoms with Crippen molar-refractivity contribution in [2.24, 2.45) is 0 Å². The fraction of sp³-hybridized carbons (Fsp3) is 0.0870. The predicted octanol–water partition coefficient (Wildman–Crippen LogP) is 6.26. The van der Waals surface area contributed by atoms with Crippen LogP contribution in [0.1, 0.15) is 0 Å². The van der Waals surface area contributed by atoms with Gasteiger partial charge in [0.15, 0.2) is 0 Å². The number of anilines is 3. The van der Waals surface area contributed by atoms with Crippen molar-refractivity contribution >= 4 is 51.2 Å². The van der Waals surface area contributed by atoms with Crippen LogP contribution >= 0.6 is 0 Å². The quantitative estimate of drug-likeness (QED) is 0.139. The average molecular weight is 696 g/mol. The number of morpholine rings is 1. The number of carbonyl (C=O) groups is 1. The summed E-state index contributed by atoms with van der Waals surface area (Å²) in [6, 6.07) is 66.3. The van der Waals surface area contributed by atoms with E-state index in [4.69, 9.17) is 9.57 Å². The van der Waals surface area contributed by atoms with Crippen LogP contribution in [-0.2, 0) is 4.74 Å². The Balaban J connectivity index is 0.000000165. The Morgan fingerprint density at radius 2 is 0.849 bits per heavy atom. The van der Waals surface area contributed by atoms with Gasteiger partial charge in [-0.1, -0.05) is 158 Å². The Morgan fingerprint density at radius 1 is 0.509 bits per heavy atom. The van der Waals surface area contributed by atoms with Gasteiger partial charge in [-0.05, 0) is 24.3 Å². The Labute approximate surface area is 312 Å². The minimum atomic E-state index is -1.22. The van der Waals surface area contributed by atoms with E-state index in [1.54, 1.807) is 17.3 Å². The van der Waals surface area contributed by atoms with Crippen LogP contribution in [0.15, 0.2) is 207 Å². The summed E-state index contributed by atoms with van der Waals surface area (Å²) < 4.78 is 6.81. The molecule has 0 spiro atoms. The van der Waals surface area contributed by atoms with Crippen LogP contribution in [-0.4, -0.2) is 38.5 Å². The highest BCUT2D eigenvalue weighted by molar-refractivity contribution is 7.19. The van der Waals surface area contributed by atoms with E-state index in [0.29, 0.717) is 0 Å². The number of aromatic nitrogens is 1. The van der Waals surface area contributed by atoms with Gasteiger partial charge in [0.25, 0.3) is 0 Å². The molecule has 0 N–H and O–H groups in total. The summed E-state index contributed by atoms with van der Waals surface area (Å²) in [5, 5.41) is 0. The second kappa shape index (κ2) is 17.2. The summed E-state index contributed by atoms with van der Waals surface area (Å²) in [5.41, 5.74) is 7.92. The monoisotopic (exact) mass is 695 g/mol. The van der Waals surface area contributed by atoms with Gasteiger partial charge in [0.1, 0.15) is 6.15 Å². The molecule has 1 saturated heterocycles. The summed E-state index contributed by atoms with van der Waals surface area (Å²) in [6.45, 7) is 3.18. The first-order chi connectivity index (χ1) is 26.2. The number of amides is 1. The molecular weight excluding hydrogens is 653 g/mol. The van der Waals surface area contributed by atoms with E-state index in [0.717, 1.165) is 43.4 Å². The molecule has 6 aromatic carbocycles. The van der Waals surface area contributed by atoms with Crippen molar-refractivity contribution in [2.45, 2.75) is 0 Å². The molecule has 0 bridgehead atoms. The molecule has 0 atom stereocenters. The van der Waals surface area contributed by atoms with Gasteiger partial charge >= 0.3 is 6.09 Å². The maximum absolute atomic E-state index is 13.0. The first-order valence-corrected chi connectivity index (χ1v) is 18.1. The zero-order valence-electron chi connectivity index (χ0n) is 29.6. The van der Waals surface area contributed by atoms with Gasteiger partial charge in [-0.2, -0.15) is 26.7 Å². The average Bonchev–Trinajstić information content (AvgIpc) is 3.24. The summed E-state index contributed by atoms with van der Waals surface area (Å²) in [7, 11) is 0. The van der Waals surface area contributed by atoms with Crippen LogP contribution in [0.3, 0.4) is 0 Å². The topological polar surface area (TPSA) is 45.9 Å². The molecule has 2 heterocycles. The van der Waals surface area contributed by atoms with Gasteiger partial charge in [-0.3, -0.25) is 0 Å². The van der Waals surface area contributed by atoms with E-state index in [1.807, 2.05) is 72.8 Å². The maximum atomic E-state index is 13.0. The standard InChI is InChI=1S/C24H20B.C22H22N3O3/c1-5-13-21(14-6-1)25(22-15-7-2-8-16-22,23-17-9-3-10-18-23)24-19-11-4-12-20-24;26-22(25(20-7-3-1-4-8-20)21-9-5-2-6-10-21)28-24-13-11-19(12-14-24)23-15-17-27-18-16-23/h1-20H;1-14H,15-18H2/q-1;+1. The largest absolute Gasteiger partial charge is 0.487 e. The Bertz CT molecular complexity index is 1930. The minimum Gasteiger partial charge on any atom is -0.378 e. The molecule has 0 unspecified atom stereocenters. The zero-order chi connectivity index (χ0) is 36.1.